The van der Waals surface area contributed by atoms with Crippen molar-refractivity contribution in [1.82, 2.24) is 0 Å². The van der Waals surface area contributed by atoms with Gasteiger partial charge in [-0.25, -0.2) is 0 Å². The Kier molecular flexibility index (Phi) is 5.05. The molecule has 6 nitrogen and oxygen atoms in total. The Morgan fingerprint density at radius 1 is 1.12 bits per heavy atom. The molecule has 0 radical (unpaired) electrons. The zero-order valence-corrected chi connectivity index (χ0v) is 13.5. The average molecular weight is 328 g/mol. The number of ether oxygens (including phenoxy) is 3. The second-order valence-corrected chi connectivity index (χ2v) is 5.19. The lowest BCUT2D eigenvalue weighted by atomic mass is 10.2. The number of amides is 1. The molecule has 2 aromatic carbocycles. The van der Waals surface area contributed by atoms with E-state index in [1.165, 1.54) is 0 Å². The highest BCUT2D eigenvalue weighted by molar-refractivity contribution is 5.94. The van der Waals surface area contributed by atoms with Crippen LogP contribution in [-0.4, -0.2) is 32.3 Å². The maximum Gasteiger partial charge on any atom is 0.243 e. The summed E-state index contributed by atoms with van der Waals surface area (Å²) >= 11 is 0. The molecule has 126 valence electrons. The van der Waals surface area contributed by atoms with Crippen LogP contribution >= 0.6 is 0 Å². The average Bonchev–Trinajstić information content (AvgIpc) is 2.61. The highest BCUT2D eigenvalue weighted by Crippen LogP contribution is 2.32. The van der Waals surface area contributed by atoms with Crippen molar-refractivity contribution in [2.24, 2.45) is 0 Å². The molecule has 1 aliphatic rings. The van der Waals surface area contributed by atoms with E-state index >= 15 is 0 Å². The predicted octanol–water partition coefficient (Wildman–Crippen LogP) is 2.91. The Balaban J connectivity index is 1.58. The number of nitrogens with one attached hydrogen (secondary N) is 2. The second kappa shape index (κ2) is 7.59. The molecule has 1 amide bonds. The molecule has 1 heterocycles. The van der Waals surface area contributed by atoms with Crippen molar-refractivity contribution in [3.8, 4) is 17.2 Å². The first kappa shape index (κ1) is 16.0. The van der Waals surface area contributed by atoms with Gasteiger partial charge in [0, 0.05) is 11.8 Å². The lowest BCUT2D eigenvalue weighted by Crippen LogP contribution is -2.22. The van der Waals surface area contributed by atoms with Crippen LogP contribution in [0.2, 0.25) is 0 Å². The SMILES string of the molecule is CCOc1ccccc1NCC(=O)Nc1ccc2c(c1)OCCO2. The van der Waals surface area contributed by atoms with Crippen molar-refractivity contribution in [1.29, 1.82) is 0 Å². The molecule has 0 unspecified atom stereocenters. The molecule has 0 aliphatic carbocycles. The molecule has 24 heavy (non-hydrogen) atoms. The highest BCUT2D eigenvalue weighted by atomic mass is 16.6. The van der Waals surface area contributed by atoms with Gasteiger partial charge in [0.05, 0.1) is 18.8 Å². The lowest BCUT2D eigenvalue weighted by Gasteiger charge is -2.19. The minimum absolute atomic E-state index is 0.137. The van der Waals surface area contributed by atoms with Crippen LogP contribution in [0.5, 0.6) is 17.2 Å². The van der Waals surface area contributed by atoms with Crippen molar-refractivity contribution in [3.05, 3.63) is 42.5 Å². The number of hydrogen-bond acceptors (Lipinski definition) is 5. The molecule has 6 heteroatoms. The molecule has 0 atom stereocenters. The molecule has 0 saturated carbocycles. The van der Waals surface area contributed by atoms with Crippen LogP contribution in [-0.2, 0) is 4.79 Å². The van der Waals surface area contributed by atoms with Gasteiger partial charge in [-0.15, -0.1) is 0 Å². The first-order valence-electron chi connectivity index (χ1n) is 7.91. The molecular weight excluding hydrogens is 308 g/mol. The smallest absolute Gasteiger partial charge is 0.243 e. The zero-order valence-electron chi connectivity index (χ0n) is 13.5. The number of carbonyl (C=O) groups excluding carboxylic acids is 1. The van der Waals surface area contributed by atoms with Crippen LogP contribution < -0.4 is 24.8 Å². The van der Waals surface area contributed by atoms with Gasteiger partial charge in [0.15, 0.2) is 11.5 Å². The Morgan fingerprint density at radius 3 is 2.75 bits per heavy atom. The second-order valence-electron chi connectivity index (χ2n) is 5.19. The van der Waals surface area contributed by atoms with E-state index in [2.05, 4.69) is 10.6 Å². The van der Waals surface area contributed by atoms with Crippen LogP contribution in [0.15, 0.2) is 42.5 Å². The Morgan fingerprint density at radius 2 is 1.92 bits per heavy atom. The first-order chi connectivity index (χ1) is 11.8. The predicted molar refractivity (Wildman–Crippen MR) is 92.2 cm³/mol. The maximum absolute atomic E-state index is 12.1. The fourth-order valence-electron chi connectivity index (χ4n) is 2.40. The third kappa shape index (κ3) is 3.90. The van der Waals surface area contributed by atoms with Crippen molar-refractivity contribution < 1.29 is 19.0 Å². The van der Waals surface area contributed by atoms with E-state index in [0.717, 1.165) is 11.4 Å². The van der Waals surface area contributed by atoms with E-state index in [-0.39, 0.29) is 12.5 Å². The Labute approximate surface area is 140 Å². The van der Waals surface area contributed by atoms with Crippen molar-refractivity contribution in [3.63, 3.8) is 0 Å². The summed E-state index contributed by atoms with van der Waals surface area (Å²) in [7, 11) is 0. The molecular formula is C18H20N2O4. The molecule has 0 bridgehead atoms. The van der Waals surface area contributed by atoms with Gasteiger partial charge in [0.2, 0.25) is 5.91 Å². The van der Waals surface area contributed by atoms with Crippen molar-refractivity contribution in [2.75, 3.05) is 37.0 Å². The summed E-state index contributed by atoms with van der Waals surface area (Å²) in [5, 5.41) is 5.92. The molecule has 0 saturated heterocycles. The number of benzene rings is 2. The van der Waals surface area contributed by atoms with Crippen molar-refractivity contribution in [2.45, 2.75) is 6.92 Å². The topological polar surface area (TPSA) is 68.8 Å². The zero-order chi connectivity index (χ0) is 16.8. The van der Waals surface area contributed by atoms with Crippen LogP contribution in [0.4, 0.5) is 11.4 Å². The lowest BCUT2D eigenvalue weighted by molar-refractivity contribution is -0.114. The summed E-state index contributed by atoms with van der Waals surface area (Å²) in [4.78, 5) is 12.1. The quantitative estimate of drug-likeness (QED) is 0.853. The van der Waals surface area contributed by atoms with Crippen LogP contribution in [0.1, 0.15) is 6.92 Å². The summed E-state index contributed by atoms with van der Waals surface area (Å²) < 4.78 is 16.5. The third-order valence-corrected chi connectivity index (χ3v) is 3.45. The standard InChI is InChI=1S/C18H20N2O4/c1-2-22-15-6-4-3-5-14(15)19-12-18(21)20-13-7-8-16-17(11-13)24-10-9-23-16/h3-8,11,19H,2,9-10,12H2,1H3,(H,20,21). The van der Waals surface area contributed by atoms with E-state index in [1.54, 1.807) is 18.2 Å². The highest BCUT2D eigenvalue weighted by Gasteiger charge is 2.13. The number of rotatable bonds is 6. The number of carbonyl (C=O) groups is 1. The maximum atomic E-state index is 12.1. The van der Waals surface area contributed by atoms with E-state index in [0.29, 0.717) is 37.0 Å². The number of anilines is 2. The van der Waals surface area contributed by atoms with Gasteiger partial charge >= 0.3 is 0 Å². The molecule has 0 fully saturated rings. The molecule has 1 aliphatic heterocycles. The Hall–Kier alpha value is -2.89. The number of para-hydroxylation sites is 2. The van der Waals surface area contributed by atoms with E-state index in [9.17, 15) is 4.79 Å². The molecule has 3 rings (SSSR count). The van der Waals surface area contributed by atoms with Gasteiger partial charge in [0.25, 0.3) is 0 Å². The number of fused-ring (bicyclic) bond motifs is 1. The Bertz CT molecular complexity index is 718. The largest absolute Gasteiger partial charge is 0.492 e. The van der Waals surface area contributed by atoms with E-state index in [1.807, 2.05) is 31.2 Å². The summed E-state index contributed by atoms with van der Waals surface area (Å²) in [6, 6.07) is 12.9. The normalized spacial score (nSPS) is 12.4. The van der Waals surface area contributed by atoms with Gasteiger partial charge in [-0.2, -0.15) is 0 Å². The first-order valence-corrected chi connectivity index (χ1v) is 7.91. The monoisotopic (exact) mass is 328 g/mol. The fourth-order valence-corrected chi connectivity index (χ4v) is 2.40. The molecule has 0 aromatic heterocycles. The summed E-state index contributed by atoms with van der Waals surface area (Å²) in [5.74, 6) is 1.92. The summed E-state index contributed by atoms with van der Waals surface area (Å²) in [6.07, 6.45) is 0. The van der Waals surface area contributed by atoms with Gasteiger partial charge in [-0.1, -0.05) is 12.1 Å². The van der Waals surface area contributed by atoms with Crippen molar-refractivity contribution >= 4 is 17.3 Å². The van der Waals surface area contributed by atoms with Crippen LogP contribution in [0.25, 0.3) is 0 Å². The van der Waals surface area contributed by atoms with Gasteiger partial charge in [-0.05, 0) is 31.2 Å². The fraction of sp³-hybridized carbons (Fsp3) is 0.278. The third-order valence-electron chi connectivity index (χ3n) is 3.45. The van der Waals surface area contributed by atoms with E-state index in [4.69, 9.17) is 14.2 Å². The summed E-state index contributed by atoms with van der Waals surface area (Å²) in [6.45, 7) is 3.69. The van der Waals surface area contributed by atoms with Gasteiger partial charge in [-0.3, -0.25) is 4.79 Å². The minimum atomic E-state index is -0.155. The van der Waals surface area contributed by atoms with Crippen LogP contribution in [0, 0.1) is 0 Å². The van der Waals surface area contributed by atoms with Gasteiger partial charge in [0.1, 0.15) is 19.0 Å². The van der Waals surface area contributed by atoms with Gasteiger partial charge < -0.3 is 24.8 Å². The molecule has 0 spiro atoms. The summed E-state index contributed by atoms with van der Waals surface area (Å²) in [5.41, 5.74) is 1.46. The minimum Gasteiger partial charge on any atom is -0.492 e. The number of hydrogen-bond donors (Lipinski definition) is 2. The molecule has 2 aromatic rings. The molecule has 2 N–H and O–H groups in total. The van der Waals surface area contributed by atoms with Crippen LogP contribution in [0.3, 0.4) is 0 Å². The van der Waals surface area contributed by atoms with E-state index < -0.39 is 0 Å².